The van der Waals surface area contributed by atoms with Crippen LogP contribution in [0.15, 0.2) is 41.4 Å². The lowest BCUT2D eigenvalue weighted by atomic mass is 9.71. The Morgan fingerprint density at radius 1 is 1.13 bits per heavy atom. The van der Waals surface area contributed by atoms with Crippen molar-refractivity contribution in [2.24, 2.45) is 5.41 Å². The molecule has 6 rings (SSSR count). The smallest absolute Gasteiger partial charge is 0.310 e. The van der Waals surface area contributed by atoms with E-state index >= 15 is 0 Å². The lowest BCUT2D eigenvalue weighted by Crippen LogP contribution is -2.50. The van der Waals surface area contributed by atoms with E-state index in [0.717, 1.165) is 33.3 Å². The van der Waals surface area contributed by atoms with Crippen LogP contribution >= 0.6 is 10.8 Å². The van der Waals surface area contributed by atoms with E-state index in [2.05, 4.69) is 15.3 Å². The van der Waals surface area contributed by atoms with Gasteiger partial charge in [-0.3, -0.25) is 18.9 Å². The summed E-state index contributed by atoms with van der Waals surface area (Å²) in [4.78, 5) is 22.6. The molecule has 13 heteroatoms. The maximum Gasteiger partial charge on any atom is 0.310 e. The van der Waals surface area contributed by atoms with E-state index in [1.807, 2.05) is 56.6 Å². The standard InChI is InChI=1S/C33H42N6O6S/c1-7-39-26-11-9-23(22(4)29(26)36-37-39)28(32(5,6)31(40)41)24-10-8-21(3)25(35-24)18-38-19-33(12-14-44-15-13-33)45-30-27(46(38,42)43)16-20(2)17-34-30/h8-11,16-17,28,42-43H,7,12-15,18-19H2,1-6H3,(H,40,41). The third kappa shape index (κ3) is 5.53. The van der Waals surface area contributed by atoms with Crippen molar-refractivity contribution >= 4 is 27.8 Å². The second-order valence-corrected chi connectivity index (χ2v) is 15.0. The summed E-state index contributed by atoms with van der Waals surface area (Å²) in [5.74, 6) is -1.37. The Bertz CT molecular complexity index is 1800. The quantitative estimate of drug-likeness (QED) is 0.220. The molecule has 1 aromatic carbocycles. The molecular weight excluding hydrogens is 608 g/mol. The molecule has 1 unspecified atom stereocenters. The maximum absolute atomic E-state index is 12.8. The first-order valence-electron chi connectivity index (χ1n) is 15.6. The zero-order chi connectivity index (χ0) is 33.0. The maximum atomic E-state index is 12.8. The second kappa shape index (κ2) is 11.9. The number of ether oxygens (including phenoxy) is 2. The van der Waals surface area contributed by atoms with Crippen LogP contribution in [0.5, 0.6) is 5.88 Å². The molecule has 0 bridgehead atoms. The average molecular weight is 651 g/mol. The number of rotatable bonds is 7. The van der Waals surface area contributed by atoms with Gasteiger partial charge in [0.2, 0.25) is 5.88 Å². The lowest BCUT2D eigenvalue weighted by Gasteiger charge is -2.44. The highest BCUT2D eigenvalue weighted by atomic mass is 32.3. The number of pyridine rings is 2. The van der Waals surface area contributed by atoms with E-state index in [4.69, 9.17) is 14.5 Å². The molecule has 1 spiro atoms. The second-order valence-electron chi connectivity index (χ2n) is 13.0. The van der Waals surface area contributed by atoms with Crippen molar-refractivity contribution in [3.8, 4) is 5.88 Å². The average Bonchev–Trinajstić information content (AvgIpc) is 3.41. The molecule has 0 saturated carbocycles. The molecule has 0 aliphatic carbocycles. The minimum atomic E-state index is -3.54. The number of aryl methyl sites for hydroxylation is 4. The van der Waals surface area contributed by atoms with Gasteiger partial charge in [0, 0.05) is 37.2 Å². The molecule has 12 nitrogen and oxygen atoms in total. The van der Waals surface area contributed by atoms with Gasteiger partial charge in [-0.2, -0.15) is 4.31 Å². The van der Waals surface area contributed by atoms with Crippen LogP contribution in [-0.2, 0) is 22.6 Å². The number of hydrogen-bond donors (Lipinski definition) is 3. The van der Waals surface area contributed by atoms with Gasteiger partial charge < -0.3 is 14.6 Å². The van der Waals surface area contributed by atoms with Crippen molar-refractivity contribution in [1.29, 1.82) is 0 Å². The number of hydrogen-bond acceptors (Lipinski definition) is 10. The minimum absolute atomic E-state index is 0.102. The number of benzene rings is 1. The van der Waals surface area contributed by atoms with E-state index in [9.17, 15) is 19.0 Å². The Labute approximate surface area is 270 Å². The highest BCUT2D eigenvalue weighted by Gasteiger charge is 2.46. The molecule has 46 heavy (non-hydrogen) atoms. The SMILES string of the molecule is CCn1nnc2c(C)c(C(c3ccc(C)c(CN4CC5(CCOCC5)Oc5ncc(C)cc5S4(O)O)n3)C(C)(C)C(=O)O)ccc21. The number of aliphatic carboxylic acids is 1. The van der Waals surface area contributed by atoms with Gasteiger partial charge in [-0.05, 0) is 82.0 Å². The lowest BCUT2D eigenvalue weighted by molar-refractivity contribution is -0.147. The zero-order valence-electron chi connectivity index (χ0n) is 27.1. The predicted octanol–water partition coefficient (Wildman–Crippen LogP) is 5.88. The van der Waals surface area contributed by atoms with Crippen LogP contribution in [0, 0.1) is 26.2 Å². The number of fused-ring (bicyclic) bond motifs is 2. The first-order chi connectivity index (χ1) is 21.8. The van der Waals surface area contributed by atoms with Crippen molar-refractivity contribution in [3.05, 3.63) is 70.2 Å². The Morgan fingerprint density at radius 3 is 2.57 bits per heavy atom. The minimum Gasteiger partial charge on any atom is -0.481 e. The Balaban J connectivity index is 1.46. The first kappa shape index (κ1) is 32.3. The molecule has 2 aliphatic rings. The molecule has 0 radical (unpaired) electrons. The Hall–Kier alpha value is -3.62. The molecule has 5 heterocycles. The van der Waals surface area contributed by atoms with Crippen molar-refractivity contribution in [3.63, 3.8) is 0 Å². The monoisotopic (exact) mass is 650 g/mol. The molecule has 3 aromatic heterocycles. The number of carboxylic acids is 1. The van der Waals surface area contributed by atoms with E-state index in [1.54, 1.807) is 30.4 Å². The van der Waals surface area contributed by atoms with Crippen LogP contribution in [0.3, 0.4) is 0 Å². The predicted molar refractivity (Wildman–Crippen MR) is 174 cm³/mol. The van der Waals surface area contributed by atoms with Gasteiger partial charge in [0.05, 0.1) is 42.9 Å². The number of aromatic nitrogens is 5. The summed E-state index contributed by atoms with van der Waals surface area (Å²) in [6.07, 6.45) is 2.80. The molecule has 1 saturated heterocycles. The fraction of sp³-hybridized carbons (Fsp3) is 0.485. The van der Waals surface area contributed by atoms with Crippen molar-refractivity contribution in [1.82, 2.24) is 29.3 Å². The third-order valence-electron chi connectivity index (χ3n) is 9.50. The van der Waals surface area contributed by atoms with Gasteiger partial charge in [-0.25, -0.2) is 9.67 Å². The summed E-state index contributed by atoms with van der Waals surface area (Å²) < 4.78 is 39.3. The van der Waals surface area contributed by atoms with Crippen molar-refractivity contribution in [2.75, 3.05) is 19.8 Å². The molecule has 1 atom stereocenters. The van der Waals surface area contributed by atoms with E-state index in [0.29, 0.717) is 44.0 Å². The van der Waals surface area contributed by atoms with Crippen molar-refractivity contribution < 1.29 is 28.5 Å². The van der Waals surface area contributed by atoms with Gasteiger partial charge >= 0.3 is 5.97 Å². The highest BCUT2D eigenvalue weighted by molar-refractivity contribution is 8.22. The first-order valence-corrected chi connectivity index (χ1v) is 17.1. The summed E-state index contributed by atoms with van der Waals surface area (Å²) >= 11 is 0. The van der Waals surface area contributed by atoms with Gasteiger partial charge in [0.15, 0.2) is 0 Å². The van der Waals surface area contributed by atoms with Gasteiger partial charge in [-0.1, -0.05) is 17.3 Å². The van der Waals surface area contributed by atoms with E-state index < -0.39 is 33.7 Å². The van der Waals surface area contributed by atoms with Gasteiger partial charge in [-0.15, -0.1) is 15.9 Å². The van der Waals surface area contributed by atoms with E-state index in [-0.39, 0.29) is 23.9 Å². The van der Waals surface area contributed by atoms with E-state index in [1.165, 1.54) is 0 Å². The van der Waals surface area contributed by atoms with Crippen LogP contribution in [0.1, 0.15) is 73.2 Å². The number of carboxylic acid groups (broad SMARTS) is 1. The van der Waals surface area contributed by atoms with Crippen LogP contribution in [0.2, 0.25) is 0 Å². The fourth-order valence-electron chi connectivity index (χ4n) is 6.59. The highest BCUT2D eigenvalue weighted by Crippen LogP contribution is 2.59. The Morgan fingerprint density at radius 2 is 1.87 bits per heavy atom. The van der Waals surface area contributed by atoms with Crippen LogP contribution in [0.25, 0.3) is 11.0 Å². The molecule has 4 aromatic rings. The topological polar surface area (TPSA) is 156 Å². The number of carbonyl (C=O) groups is 1. The summed E-state index contributed by atoms with van der Waals surface area (Å²) in [6, 6.07) is 9.40. The number of nitrogens with zero attached hydrogens (tertiary/aromatic N) is 6. The molecule has 246 valence electrons. The summed E-state index contributed by atoms with van der Waals surface area (Å²) in [5, 5.41) is 19.1. The summed E-state index contributed by atoms with van der Waals surface area (Å²) in [7, 11) is -3.54. The molecule has 0 amide bonds. The van der Waals surface area contributed by atoms with Gasteiger partial charge in [0.25, 0.3) is 0 Å². The van der Waals surface area contributed by atoms with Gasteiger partial charge in [0.1, 0.15) is 16.0 Å². The molecule has 3 N–H and O–H groups in total. The fourth-order valence-corrected chi connectivity index (χ4v) is 8.25. The summed E-state index contributed by atoms with van der Waals surface area (Å²) in [5.41, 5.74) is 4.10. The Kier molecular flexibility index (Phi) is 8.34. The molecule has 2 aliphatic heterocycles. The largest absolute Gasteiger partial charge is 0.481 e. The van der Waals surface area contributed by atoms with Crippen molar-refractivity contribution in [2.45, 2.75) is 83.9 Å². The van der Waals surface area contributed by atoms with Crippen LogP contribution < -0.4 is 4.74 Å². The summed E-state index contributed by atoms with van der Waals surface area (Å²) in [6.45, 7) is 13.1. The normalized spacial score (nSPS) is 19.3. The zero-order valence-corrected chi connectivity index (χ0v) is 28.0. The molecule has 1 fully saturated rings. The third-order valence-corrected chi connectivity index (χ3v) is 11.4. The molecular formula is C33H42N6O6S. The van der Waals surface area contributed by atoms with Crippen LogP contribution in [-0.4, -0.2) is 74.8 Å². The van der Waals surface area contributed by atoms with Crippen LogP contribution in [0.4, 0.5) is 0 Å².